The van der Waals surface area contributed by atoms with Gasteiger partial charge in [0.25, 0.3) is 0 Å². The predicted octanol–water partition coefficient (Wildman–Crippen LogP) is 5.81. The van der Waals surface area contributed by atoms with Crippen molar-refractivity contribution in [1.82, 2.24) is 5.32 Å². The van der Waals surface area contributed by atoms with E-state index in [0.29, 0.717) is 6.61 Å². The maximum absolute atomic E-state index is 11.0. The van der Waals surface area contributed by atoms with Crippen molar-refractivity contribution in [3.05, 3.63) is 23.5 Å². The molecule has 0 atom stereocenters. The van der Waals surface area contributed by atoms with Crippen molar-refractivity contribution in [1.29, 1.82) is 0 Å². The van der Waals surface area contributed by atoms with Gasteiger partial charge in [-0.25, -0.2) is 4.99 Å². The summed E-state index contributed by atoms with van der Waals surface area (Å²) < 4.78 is 11.0. The number of nitrogens with zero attached hydrogens (tertiary/aromatic N) is 1. The van der Waals surface area contributed by atoms with Crippen molar-refractivity contribution >= 4 is 6.21 Å². The number of aliphatic hydroxyl groups is 1. The molecule has 0 spiro atoms. The van der Waals surface area contributed by atoms with E-state index < -0.39 is 0 Å². The number of nitrogens with one attached hydrogen (secondary N) is 1. The normalized spacial score (nSPS) is 12.0. The molecule has 144 valence electrons. The van der Waals surface area contributed by atoms with Gasteiger partial charge in [0.2, 0.25) is 0 Å². The lowest BCUT2D eigenvalue weighted by atomic mass is 10.1. The molecule has 3 nitrogen and oxygen atoms in total. The fraction of sp³-hybridized carbons (Fsp3) is 0.750. The Kier molecular flexibility index (Phi) is 30.8. The number of allylic oxidation sites excluding steroid dienone is 3. The molecule has 0 aromatic rings. The summed E-state index contributed by atoms with van der Waals surface area (Å²) in [6, 6.07) is 0. The molecule has 0 fully saturated rings. The first-order valence-electron chi connectivity index (χ1n) is 9.38. The molecule has 0 aromatic carbocycles. The second-order valence-electron chi connectivity index (χ2n) is 5.29. The molecule has 1 aliphatic heterocycles. The van der Waals surface area contributed by atoms with Gasteiger partial charge >= 0.3 is 0 Å². The Labute approximate surface area is 150 Å². The van der Waals surface area contributed by atoms with E-state index in [9.17, 15) is 4.39 Å². The van der Waals surface area contributed by atoms with Gasteiger partial charge in [-0.1, -0.05) is 60.0 Å². The minimum Gasteiger partial charge on any atom is -0.396 e. The second-order valence-corrected chi connectivity index (χ2v) is 5.29. The molecular formula is C20H41FN2O. The topological polar surface area (TPSA) is 44.6 Å². The number of aliphatic imine (C=N–C) groups is 1. The lowest BCUT2D eigenvalue weighted by Crippen LogP contribution is -2.06. The van der Waals surface area contributed by atoms with E-state index in [1.165, 1.54) is 12.0 Å². The van der Waals surface area contributed by atoms with Crippen molar-refractivity contribution in [3.63, 3.8) is 0 Å². The summed E-state index contributed by atoms with van der Waals surface area (Å²) in [5, 5.41) is 11.2. The second kappa shape index (κ2) is 26.7. The molecule has 4 heteroatoms. The van der Waals surface area contributed by atoms with Gasteiger partial charge in [-0.15, -0.1) is 0 Å². The predicted molar refractivity (Wildman–Crippen MR) is 107 cm³/mol. The fourth-order valence-electron chi connectivity index (χ4n) is 1.42. The number of hydrogen-bond acceptors (Lipinski definition) is 3. The molecule has 1 heterocycles. The van der Waals surface area contributed by atoms with Crippen LogP contribution in [0, 0.1) is 0 Å². The van der Waals surface area contributed by atoms with Gasteiger partial charge in [-0.3, -0.25) is 4.39 Å². The monoisotopic (exact) mass is 344 g/mol. The standard InChI is InChI=1S/C9H14N2.C4H9F.C4H10O.C3H8/c1-3-8-6-4-5-7-11-9(8)10-2;2*1-2-3-4-5;1-3-2/h4-5,7,10H,3,6H2,1-2H3;2-4H2,1H3;5H,2-4H2,1H3;3H2,1-2H3. The molecule has 0 saturated heterocycles. The minimum absolute atomic E-state index is 0.156. The van der Waals surface area contributed by atoms with Crippen LogP contribution in [-0.2, 0) is 0 Å². The average Bonchev–Trinajstić information content (AvgIpc) is 2.83. The van der Waals surface area contributed by atoms with Crippen LogP contribution in [0.3, 0.4) is 0 Å². The summed E-state index contributed by atoms with van der Waals surface area (Å²) in [6.07, 6.45) is 13.0. The van der Waals surface area contributed by atoms with Crippen LogP contribution in [0.25, 0.3) is 0 Å². The number of aliphatic hydroxyl groups excluding tert-OH is 1. The maximum Gasteiger partial charge on any atom is 0.125 e. The molecule has 0 bridgehead atoms. The fourth-order valence-corrected chi connectivity index (χ4v) is 1.42. The van der Waals surface area contributed by atoms with Crippen LogP contribution in [0.5, 0.6) is 0 Å². The molecule has 24 heavy (non-hydrogen) atoms. The Morgan fingerprint density at radius 3 is 2.00 bits per heavy atom. The van der Waals surface area contributed by atoms with Crippen molar-refractivity contribution in [3.8, 4) is 0 Å². The molecule has 2 N–H and O–H groups in total. The van der Waals surface area contributed by atoms with Gasteiger partial charge in [0.15, 0.2) is 0 Å². The van der Waals surface area contributed by atoms with Crippen LogP contribution in [0.1, 0.15) is 79.6 Å². The van der Waals surface area contributed by atoms with E-state index in [2.05, 4.69) is 44.1 Å². The molecule has 0 aliphatic carbocycles. The average molecular weight is 345 g/mol. The van der Waals surface area contributed by atoms with Crippen LogP contribution in [-0.4, -0.2) is 31.7 Å². The third-order valence-corrected chi connectivity index (χ3v) is 2.79. The van der Waals surface area contributed by atoms with Crippen molar-refractivity contribution in [2.24, 2.45) is 4.99 Å². The zero-order valence-corrected chi connectivity index (χ0v) is 16.9. The zero-order chi connectivity index (χ0) is 19.1. The largest absolute Gasteiger partial charge is 0.396 e. The smallest absolute Gasteiger partial charge is 0.125 e. The highest BCUT2D eigenvalue weighted by Crippen LogP contribution is 2.14. The van der Waals surface area contributed by atoms with Crippen LogP contribution in [0.15, 0.2) is 28.5 Å². The Morgan fingerprint density at radius 1 is 1.12 bits per heavy atom. The van der Waals surface area contributed by atoms with Gasteiger partial charge < -0.3 is 10.4 Å². The third kappa shape index (κ3) is 23.1. The van der Waals surface area contributed by atoms with Gasteiger partial charge in [-0.2, -0.15) is 0 Å². The van der Waals surface area contributed by atoms with Crippen LogP contribution in [0.4, 0.5) is 4.39 Å². The zero-order valence-electron chi connectivity index (χ0n) is 16.9. The van der Waals surface area contributed by atoms with Crippen LogP contribution in [0.2, 0.25) is 0 Å². The summed E-state index contributed by atoms with van der Waals surface area (Å²) in [6.45, 7) is 10.6. The first-order valence-corrected chi connectivity index (χ1v) is 9.38. The van der Waals surface area contributed by atoms with E-state index >= 15 is 0 Å². The molecule has 0 aromatic heterocycles. The van der Waals surface area contributed by atoms with E-state index in [4.69, 9.17) is 5.11 Å². The third-order valence-electron chi connectivity index (χ3n) is 2.79. The highest BCUT2D eigenvalue weighted by Gasteiger charge is 2.01. The number of halogens is 1. The Bertz CT molecular complexity index is 303. The van der Waals surface area contributed by atoms with E-state index in [-0.39, 0.29) is 6.67 Å². The Hall–Kier alpha value is -1.16. The molecule has 1 aliphatic rings. The SMILES string of the molecule is CCC.CCC1=C(NC)N=CC=CC1.CCCCF.CCCCO. The Balaban J connectivity index is -0.000000286. The number of rotatable bonds is 6. The van der Waals surface area contributed by atoms with Gasteiger partial charge in [0, 0.05) is 19.9 Å². The van der Waals surface area contributed by atoms with E-state index in [0.717, 1.165) is 44.3 Å². The van der Waals surface area contributed by atoms with Crippen molar-refractivity contribution < 1.29 is 9.50 Å². The molecule has 0 saturated carbocycles. The molecular weight excluding hydrogens is 303 g/mol. The van der Waals surface area contributed by atoms with Gasteiger partial charge in [0.1, 0.15) is 5.82 Å². The summed E-state index contributed by atoms with van der Waals surface area (Å²) >= 11 is 0. The summed E-state index contributed by atoms with van der Waals surface area (Å²) in [4.78, 5) is 4.25. The van der Waals surface area contributed by atoms with Gasteiger partial charge in [-0.05, 0) is 37.3 Å². The maximum atomic E-state index is 11.0. The highest BCUT2D eigenvalue weighted by molar-refractivity contribution is 5.72. The van der Waals surface area contributed by atoms with E-state index in [1.807, 2.05) is 26.3 Å². The summed E-state index contributed by atoms with van der Waals surface area (Å²) in [7, 11) is 1.91. The molecule has 0 radical (unpaired) electrons. The number of alkyl halides is 1. The lowest BCUT2D eigenvalue weighted by molar-refractivity contribution is 0.287. The molecule has 0 amide bonds. The van der Waals surface area contributed by atoms with Crippen molar-refractivity contribution in [2.45, 2.75) is 79.6 Å². The first kappa shape index (κ1) is 27.7. The lowest BCUT2D eigenvalue weighted by Gasteiger charge is -2.05. The number of unbranched alkanes of at least 4 members (excludes halogenated alkanes) is 2. The molecule has 0 unspecified atom stereocenters. The summed E-state index contributed by atoms with van der Waals surface area (Å²) in [5.74, 6) is 1.03. The minimum atomic E-state index is -0.156. The molecule has 1 rings (SSSR count). The quantitative estimate of drug-likeness (QED) is 0.638. The first-order chi connectivity index (χ1) is 11.6. The van der Waals surface area contributed by atoms with Crippen LogP contribution < -0.4 is 5.32 Å². The number of hydrogen-bond donors (Lipinski definition) is 2. The van der Waals surface area contributed by atoms with Crippen molar-refractivity contribution in [2.75, 3.05) is 20.3 Å². The van der Waals surface area contributed by atoms with E-state index in [1.54, 1.807) is 0 Å². The summed E-state index contributed by atoms with van der Waals surface area (Å²) in [5.41, 5.74) is 1.37. The highest BCUT2D eigenvalue weighted by atomic mass is 19.1. The Morgan fingerprint density at radius 2 is 1.71 bits per heavy atom. The van der Waals surface area contributed by atoms with Crippen LogP contribution >= 0.6 is 0 Å². The van der Waals surface area contributed by atoms with Gasteiger partial charge in [0.05, 0.1) is 6.67 Å².